The molecule has 1 N–H and O–H groups in total. The van der Waals surface area contributed by atoms with Crippen LogP contribution in [-0.2, 0) is 0 Å². The molecule has 18 heavy (non-hydrogen) atoms. The summed E-state index contributed by atoms with van der Waals surface area (Å²) in [6, 6.07) is 0.583. The molecule has 102 valence electrons. The summed E-state index contributed by atoms with van der Waals surface area (Å²) in [7, 11) is 2.13. The van der Waals surface area contributed by atoms with Gasteiger partial charge in [-0.15, -0.1) is 0 Å². The largest absolute Gasteiger partial charge is 0.354 e. The van der Waals surface area contributed by atoms with E-state index in [1.54, 1.807) is 0 Å². The molecule has 0 spiro atoms. The van der Waals surface area contributed by atoms with Crippen LogP contribution in [0.3, 0.4) is 0 Å². The molecule has 0 amide bonds. The van der Waals surface area contributed by atoms with Crippen LogP contribution in [0, 0.1) is 0 Å². The molecule has 1 aromatic rings. The van der Waals surface area contributed by atoms with Gasteiger partial charge in [0.2, 0.25) is 16.5 Å². The fourth-order valence-corrected chi connectivity index (χ4v) is 1.71. The molecule has 0 unspecified atom stereocenters. The van der Waals surface area contributed by atoms with Crippen molar-refractivity contribution in [2.75, 3.05) is 25.5 Å². The lowest BCUT2D eigenvalue weighted by Gasteiger charge is -2.20. The molecule has 0 bridgehead atoms. The van der Waals surface area contributed by atoms with Crippen molar-refractivity contribution in [3.05, 3.63) is 10.6 Å². The Kier molecular flexibility index (Phi) is 6.60. The number of rotatable bonds is 7. The van der Waals surface area contributed by atoms with Gasteiger partial charge >= 0.3 is 0 Å². The number of hydrogen-bond donors (Lipinski definition) is 1. The summed E-state index contributed by atoms with van der Waals surface area (Å²) in [5.41, 5.74) is 0. The Morgan fingerprint density at radius 3 is 2.28 bits per heavy atom. The molecule has 1 heterocycles. The minimum Gasteiger partial charge on any atom is -0.354 e. The SMILES string of the molecule is CC(C)N(C)CCCCNc1nc(Cl)nc(Cl)n1. The molecule has 0 aliphatic carbocycles. The second kappa shape index (κ2) is 7.71. The highest BCUT2D eigenvalue weighted by Crippen LogP contribution is 2.09. The molecule has 0 fully saturated rings. The van der Waals surface area contributed by atoms with E-state index in [4.69, 9.17) is 23.2 Å². The van der Waals surface area contributed by atoms with Crippen LogP contribution in [0.2, 0.25) is 10.6 Å². The predicted octanol–water partition coefficient (Wildman–Crippen LogP) is 2.71. The maximum Gasteiger partial charge on any atom is 0.228 e. The number of hydrogen-bond acceptors (Lipinski definition) is 5. The molecule has 0 aliphatic rings. The first-order valence-electron chi connectivity index (χ1n) is 6.00. The summed E-state index contributed by atoms with van der Waals surface area (Å²) < 4.78 is 0. The third-order valence-electron chi connectivity index (χ3n) is 2.68. The summed E-state index contributed by atoms with van der Waals surface area (Å²) in [6.07, 6.45) is 2.16. The van der Waals surface area contributed by atoms with Crippen LogP contribution in [0.4, 0.5) is 5.95 Å². The summed E-state index contributed by atoms with van der Waals surface area (Å²) in [5, 5.41) is 3.30. The van der Waals surface area contributed by atoms with E-state index < -0.39 is 0 Å². The molecule has 7 heteroatoms. The average Bonchev–Trinajstić information content (AvgIpc) is 2.26. The number of nitrogens with zero attached hydrogens (tertiary/aromatic N) is 4. The molecule has 0 atom stereocenters. The first kappa shape index (κ1) is 15.4. The van der Waals surface area contributed by atoms with Gasteiger partial charge in [0, 0.05) is 12.6 Å². The Labute approximate surface area is 118 Å². The number of nitrogens with one attached hydrogen (secondary N) is 1. The Hall–Kier alpha value is -0.650. The third kappa shape index (κ3) is 5.80. The second-order valence-electron chi connectivity index (χ2n) is 4.41. The van der Waals surface area contributed by atoms with Crippen molar-refractivity contribution in [2.45, 2.75) is 32.7 Å². The maximum absolute atomic E-state index is 5.67. The molecule has 0 radical (unpaired) electrons. The fourth-order valence-electron chi connectivity index (χ4n) is 1.35. The Bertz CT molecular complexity index is 352. The average molecular weight is 292 g/mol. The van der Waals surface area contributed by atoms with E-state index >= 15 is 0 Å². The number of anilines is 1. The zero-order valence-corrected chi connectivity index (χ0v) is 12.5. The van der Waals surface area contributed by atoms with Crippen LogP contribution in [0.15, 0.2) is 0 Å². The Morgan fingerprint density at radius 2 is 1.72 bits per heavy atom. The van der Waals surface area contributed by atoms with Crippen molar-refractivity contribution < 1.29 is 0 Å². The zero-order chi connectivity index (χ0) is 13.5. The normalized spacial score (nSPS) is 11.3. The Balaban J connectivity index is 2.22. The van der Waals surface area contributed by atoms with Crippen LogP contribution in [0.1, 0.15) is 26.7 Å². The minimum absolute atomic E-state index is 0.108. The van der Waals surface area contributed by atoms with Crippen LogP contribution in [0.5, 0.6) is 0 Å². The summed E-state index contributed by atoms with van der Waals surface area (Å²) in [6.45, 7) is 6.25. The van der Waals surface area contributed by atoms with E-state index in [0.717, 1.165) is 25.9 Å². The van der Waals surface area contributed by atoms with Gasteiger partial charge in [-0.3, -0.25) is 0 Å². The van der Waals surface area contributed by atoms with E-state index in [2.05, 4.69) is 46.1 Å². The number of unbranched alkanes of at least 4 members (excludes halogenated alkanes) is 1. The van der Waals surface area contributed by atoms with Crippen LogP contribution in [-0.4, -0.2) is 46.0 Å². The smallest absolute Gasteiger partial charge is 0.228 e. The second-order valence-corrected chi connectivity index (χ2v) is 5.08. The zero-order valence-electron chi connectivity index (χ0n) is 11.0. The van der Waals surface area contributed by atoms with Gasteiger partial charge in [0.1, 0.15) is 0 Å². The quantitative estimate of drug-likeness (QED) is 0.783. The van der Waals surface area contributed by atoms with Crippen LogP contribution >= 0.6 is 23.2 Å². The topological polar surface area (TPSA) is 53.9 Å². The Morgan fingerprint density at radius 1 is 1.11 bits per heavy atom. The first-order valence-corrected chi connectivity index (χ1v) is 6.76. The van der Waals surface area contributed by atoms with Crippen LogP contribution < -0.4 is 5.32 Å². The maximum atomic E-state index is 5.67. The highest BCUT2D eigenvalue weighted by molar-refractivity contribution is 6.31. The van der Waals surface area contributed by atoms with Crippen molar-refractivity contribution in [3.8, 4) is 0 Å². The van der Waals surface area contributed by atoms with Crippen molar-refractivity contribution in [1.82, 2.24) is 19.9 Å². The lowest BCUT2D eigenvalue weighted by molar-refractivity contribution is 0.269. The molecule has 0 saturated heterocycles. The number of aromatic nitrogens is 3. The van der Waals surface area contributed by atoms with Gasteiger partial charge in [-0.2, -0.15) is 15.0 Å². The van der Waals surface area contributed by atoms with Crippen molar-refractivity contribution in [2.24, 2.45) is 0 Å². The van der Waals surface area contributed by atoms with Gasteiger partial charge in [-0.05, 0) is 63.5 Å². The third-order valence-corrected chi connectivity index (χ3v) is 3.02. The van der Waals surface area contributed by atoms with Gasteiger partial charge in [-0.1, -0.05) is 0 Å². The molecule has 0 aliphatic heterocycles. The van der Waals surface area contributed by atoms with E-state index in [-0.39, 0.29) is 10.6 Å². The molecule has 1 aromatic heterocycles. The van der Waals surface area contributed by atoms with E-state index in [1.807, 2.05) is 0 Å². The lowest BCUT2D eigenvalue weighted by atomic mass is 10.2. The van der Waals surface area contributed by atoms with Gasteiger partial charge < -0.3 is 10.2 Å². The molecule has 0 aromatic carbocycles. The van der Waals surface area contributed by atoms with E-state index in [9.17, 15) is 0 Å². The number of halogens is 2. The van der Waals surface area contributed by atoms with Crippen molar-refractivity contribution >= 4 is 29.2 Å². The summed E-state index contributed by atoms with van der Waals surface area (Å²) in [4.78, 5) is 13.9. The van der Waals surface area contributed by atoms with Gasteiger partial charge in [0.05, 0.1) is 0 Å². The highest BCUT2D eigenvalue weighted by atomic mass is 35.5. The predicted molar refractivity (Wildman–Crippen MR) is 75.3 cm³/mol. The molecular weight excluding hydrogens is 273 g/mol. The molecule has 1 rings (SSSR count). The highest BCUT2D eigenvalue weighted by Gasteiger charge is 2.03. The van der Waals surface area contributed by atoms with E-state index in [1.165, 1.54) is 0 Å². The lowest BCUT2D eigenvalue weighted by Crippen LogP contribution is -2.27. The monoisotopic (exact) mass is 291 g/mol. The van der Waals surface area contributed by atoms with E-state index in [0.29, 0.717) is 12.0 Å². The van der Waals surface area contributed by atoms with Gasteiger partial charge in [0.25, 0.3) is 0 Å². The first-order chi connectivity index (χ1) is 8.49. The van der Waals surface area contributed by atoms with Crippen molar-refractivity contribution in [3.63, 3.8) is 0 Å². The van der Waals surface area contributed by atoms with Crippen molar-refractivity contribution in [1.29, 1.82) is 0 Å². The minimum atomic E-state index is 0.108. The molecule has 5 nitrogen and oxygen atoms in total. The van der Waals surface area contributed by atoms with Crippen LogP contribution in [0.25, 0.3) is 0 Å². The van der Waals surface area contributed by atoms with Gasteiger partial charge in [-0.25, -0.2) is 0 Å². The fraction of sp³-hybridized carbons (Fsp3) is 0.727. The van der Waals surface area contributed by atoms with Gasteiger partial charge in [0.15, 0.2) is 0 Å². The molecular formula is C11H19Cl2N5. The summed E-state index contributed by atoms with van der Waals surface area (Å²) in [5.74, 6) is 0.428. The standard InChI is InChI=1S/C11H19Cl2N5/c1-8(2)18(3)7-5-4-6-14-11-16-9(12)15-10(13)17-11/h8H,4-7H2,1-3H3,(H,14,15,16,17). The molecule has 0 saturated carbocycles. The summed E-state index contributed by atoms with van der Waals surface area (Å²) >= 11 is 11.3.